The van der Waals surface area contributed by atoms with Gasteiger partial charge in [0.1, 0.15) is 0 Å². The van der Waals surface area contributed by atoms with Crippen LogP contribution in [0.3, 0.4) is 0 Å². The van der Waals surface area contributed by atoms with Crippen LogP contribution in [0.15, 0.2) is 36.7 Å². The van der Waals surface area contributed by atoms with Gasteiger partial charge in [0.2, 0.25) is 3.83 Å². The van der Waals surface area contributed by atoms with E-state index in [1.54, 1.807) is 28.7 Å². The average molecular weight is 556 g/mol. The Balaban J connectivity index is 1.94. The monoisotopic (exact) mass is 556 g/mol. The lowest BCUT2D eigenvalue weighted by Gasteiger charge is -2.16. The Hall–Kier alpha value is -2.78. The summed E-state index contributed by atoms with van der Waals surface area (Å²) in [5, 5.41) is 6.43. The molecule has 0 unspecified atom stereocenters. The van der Waals surface area contributed by atoms with Gasteiger partial charge in [-0.05, 0) is 31.2 Å². The number of benzene rings is 1. The standard InChI is InChI=1S/C17H11F6IN6O/c1-8(12-28-14(24)29-30(12)15-25-3-2-4-26-15)27-13(31)9-5-10(16(18,19)20)7-11(6-9)17(21,22)23/h2-8H,1H3,(H,27,31)/t8-/m0/s1. The van der Waals surface area contributed by atoms with Crippen LogP contribution in [0.25, 0.3) is 5.95 Å². The van der Waals surface area contributed by atoms with Crippen LogP contribution >= 0.6 is 22.6 Å². The molecule has 0 spiro atoms. The van der Waals surface area contributed by atoms with Crippen LogP contribution in [-0.4, -0.2) is 30.6 Å². The second kappa shape index (κ2) is 8.39. The number of amides is 1. The number of nitrogens with zero attached hydrogens (tertiary/aromatic N) is 5. The van der Waals surface area contributed by atoms with E-state index in [1.807, 2.05) is 0 Å². The zero-order valence-electron chi connectivity index (χ0n) is 15.3. The number of carbonyl (C=O) groups is 1. The smallest absolute Gasteiger partial charge is 0.342 e. The number of hydrogen-bond acceptors (Lipinski definition) is 5. The fraction of sp³-hybridized carbons (Fsp3) is 0.235. The Kier molecular flexibility index (Phi) is 6.20. The van der Waals surface area contributed by atoms with Crippen molar-refractivity contribution in [1.82, 2.24) is 30.0 Å². The van der Waals surface area contributed by atoms with Gasteiger partial charge in [0.15, 0.2) is 5.82 Å². The molecule has 1 amide bonds. The summed E-state index contributed by atoms with van der Waals surface area (Å²) in [5.74, 6) is -0.901. The summed E-state index contributed by atoms with van der Waals surface area (Å²) in [5.41, 5.74) is -3.98. The highest BCUT2D eigenvalue weighted by Gasteiger charge is 2.37. The molecular formula is C17H11F6IN6O. The first-order valence-corrected chi connectivity index (χ1v) is 9.44. The highest BCUT2D eigenvalue weighted by Crippen LogP contribution is 2.36. The topological polar surface area (TPSA) is 85.6 Å². The maximum absolute atomic E-state index is 13.0. The van der Waals surface area contributed by atoms with Crippen LogP contribution < -0.4 is 5.32 Å². The molecule has 0 aliphatic rings. The van der Waals surface area contributed by atoms with E-state index in [9.17, 15) is 31.1 Å². The highest BCUT2D eigenvalue weighted by molar-refractivity contribution is 14.1. The molecule has 1 atom stereocenters. The van der Waals surface area contributed by atoms with Crippen molar-refractivity contribution in [3.05, 3.63) is 63.0 Å². The fourth-order valence-corrected chi connectivity index (χ4v) is 3.02. The molecule has 31 heavy (non-hydrogen) atoms. The molecule has 1 aromatic carbocycles. The molecule has 0 saturated heterocycles. The van der Waals surface area contributed by atoms with Crippen LogP contribution in [0, 0.1) is 3.83 Å². The van der Waals surface area contributed by atoms with E-state index >= 15 is 0 Å². The van der Waals surface area contributed by atoms with Crippen molar-refractivity contribution in [3.8, 4) is 5.95 Å². The SMILES string of the molecule is C[C@H](NC(=O)c1cc(C(F)(F)F)cc(C(F)(F)F)c1)c1nc(I)nn1-c1ncccn1. The molecule has 2 heterocycles. The van der Waals surface area contributed by atoms with Crippen LogP contribution in [-0.2, 0) is 12.4 Å². The number of halogens is 7. The molecule has 14 heteroatoms. The van der Waals surface area contributed by atoms with Gasteiger partial charge in [0.05, 0.1) is 17.2 Å². The third-order valence-corrected chi connectivity index (χ3v) is 4.39. The number of nitrogens with one attached hydrogen (secondary N) is 1. The normalized spacial score (nSPS) is 13.2. The summed E-state index contributed by atoms with van der Waals surface area (Å²) in [6.07, 6.45) is -7.26. The fourth-order valence-electron chi connectivity index (χ4n) is 2.56. The van der Waals surface area contributed by atoms with Gasteiger partial charge in [-0.15, -0.1) is 5.10 Å². The lowest BCUT2D eigenvalue weighted by atomic mass is 10.0. The van der Waals surface area contributed by atoms with Crippen LogP contribution in [0.2, 0.25) is 0 Å². The maximum atomic E-state index is 13.0. The summed E-state index contributed by atoms with van der Waals surface area (Å²) in [6.45, 7) is 1.44. The third kappa shape index (κ3) is 5.29. The van der Waals surface area contributed by atoms with Crippen molar-refractivity contribution < 1.29 is 31.1 Å². The van der Waals surface area contributed by atoms with E-state index in [0.29, 0.717) is 12.1 Å². The Labute approximate surface area is 184 Å². The third-order valence-electron chi connectivity index (χ3n) is 3.93. The summed E-state index contributed by atoms with van der Waals surface area (Å²) < 4.78 is 79.7. The first kappa shape index (κ1) is 22.9. The lowest BCUT2D eigenvalue weighted by molar-refractivity contribution is -0.143. The Morgan fingerprint density at radius 2 is 1.58 bits per heavy atom. The molecule has 0 radical (unpaired) electrons. The predicted octanol–water partition coefficient (Wildman–Crippen LogP) is 4.19. The molecular weight excluding hydrogens is 545 g/mol. The highest BCUT2D eigenvalue weighted by atomic mass is 127. The van der Waals surface area contributed by atoms with Gasteiger partial charge in [-0.3, -0.25) is 4.79 Å². The predicted molar refractivity (Wildman–Crippen MR) is 102 cm³/mol. The van der Waals surface area contributed by atoms with Gasteiger partial charge < -0.3 is 5.32 Å². The molecule has 7 nitrogen and oxygen atoms in total. The number of rotatable bonds is 4. The zero-order chi connectivity index (χ0) is 23.0. The van der Waals surface area contributed by atoms with Gasteiger partial charge in [-0.1, -0.05) is 0 Å². The van der Waals surface area contributed by atoms with Crippen molar-refractivity contribution in [2.45, 2.75) is 25.3 Å². The Morgan fingerprint density at radius 3 is 2.10 bits per heavy atom. The summed E-state index contributed by atoms with van der Waals surface area (Å²) in [4.78, 5) is 24.6. The van der Waals surface area contributed by atoms with E-state index in [1.165, 1.54) is 24.0 Å². The molecule has 3 rings (SSSR count). The number of carbonyl (C=O) groups excluding carboxylic acids is 1. The van der Waals surface area contributed by atoms with Crippen LogP contribution in [0.5, 0.6) is 0 Å². The van der Waals surface area contributed by atoms with Gasteiger partial charge >= 0.3 is 12.4 Å². The molecule has 0 fully saturated rings. The van der Waals surface area contributed by atoms with E-state index in [0.717, 1.165) is 0 Å². The van der Waals surface area contributed by atoms with Gasteiger partial charge in [0, 0.05) is 40.5 Å². The number of hydrogen-bond donors (Lipinski definition) is 1. The molecule has 0 aliphatic carbocycles. The molecule has 1 N–H and O–H groups in total. The van der Waals surface area contributed by atoms with Crippen molar-refractivity contribution in [1.29, 1.82) is 0 Å². The molecule has 3 aromatic rings. The molecule has 0 saturated carbocycles. The van der Waals surface area contributed by atoms with Gasteiger partial charge in [-0.2, -0.15) is 31.0 Å². The van der Waals surface area contributed by atoms with E-state index in [2.05, 4.69) is 25.4 Å². The van der Waals surface area contributed by atoms with Gasteiger partial charge in [0.25, 0.3) is 11.9 Å². The van der Waals surface area contributed by atoms with Crippen LogP contribution in [0.4, 0.5) is 26.3 Å². The van der Waals surface area contributed by atoms with E-state index in [-0.39, 0.29) is 21.7 Å². The minimum atomic E-state index is -5.07. The Bertz CT molecular complexity index is 1070. The minimum Gasteiger partial charge on any atom is -0.342 e. The second-order valence-electron chi connectivity index (χ2n) is 6.19. The van der Waals surface area contributed by atoms with Crippen molar-refractivity contribution >= 4 is 28.5 Å². The van der Waals surface area contributed by atoms with Crippen LogP contribution in [0.1, 0.15) is 40.3 Å². The summed E-state index contributed by atoms with van der Waals surface area (Å²) in [6, 6.07) is 1.27. The average Bonchev–Trinajstić information content (AvgIpc) is 3.09. The lowest BCUT2D eigenvalue weighted by Crippen LogP contribution is -2.29. The molecule has 0 aliphatic heterocycles. The maximum Gasteiger partial charge on any atom is 0.416 e. The van der Waals surface area contributed by atoms with Crippen molar-refractivity contribution in [2.75, 3.05) is 0 Å². The summed E-state index contributed by atoms with van der Waals surface area (Å²) in [7, 11) is 0. The first-order valence-electron chi connectivity index (χ1n) is 8.36. The Morgan fingerprint density at radius 1 is 1.03 bits per heavy atom. The van der Waals surface area contributed by atoms with E-state index in [4.69, 9.17) is 0 Å². The van der Waals surface area contributed by atoms with Crippen molar-refractivity contribution in [2.24, 2.45) is 0 Å². The zero-order valence-corrected chi connectivity index (χ0v) is 17.5. The minimum absolute atomic E-state index is 0.0497. The molecule has 0 bridgehead atoms. The number of alkyl halides is 6. The summed E-state index contributed by atoms with van der Waals surface area (Å²) >= 11 is 1.80. The first-order chi connectivity index (χ1) is 14.4. The van der Waals surface area contributed by atoms with Gasteiger partial charge in [-0.25, -0.2) is 15.0 Å². The molecule has 2 aromatic heterocycles. The largest absolute Gasteiger partial charge is 0.416 e. The second-order valence-corrected chi connectivity index (χ2v) is 7.15. The van der Waals surface area contributed by atoms with Crippen molar-refractivity contribution in [3.63, 3.8) is 0 Å². The quantitative estimate of drug-likeness (QED) is 0.385. The number of aromatic nitrogens is 5. The molecule has 164 valence electrons. The van der Waals surface area contributed by atoms with E-state index < -0.39 is 41.0 Å².